The molecule has 0 N–H and O–H groups in total. The molecule has 0 aliphatic heterocycles. The van der Waals surface area contributed by atoms with Crippen LogP contribution in [0.15, 0.2) is 24.3 Å². The lowest BCUT2D eigenvalue weighted by molar-refractivity contribution is -0.137. The Labute approximate surface area is 145 Å². The van der Waals surface area contributed by atoms with E-state index in [4.69, 9.17) is 4.74 Å². The zero-order chi connectivity index (χ0) is 19.5. The molecule has 0 bridgehead atoms. The first-order chi connectivity index (χ1) is 11.2. The third-order valence-corrected chi connectivity index (χ3v) is 4.29. The monoisotopic (exact) mass is 388 g/mol. The minimum atomic E-state index is -4.50. The van der Waals surface area contributed by atoms with Crippen LogP contribution in [0.1, 0.15) is 49.5 Å². The second-order valence-corrected chi connectivity index (χ2v) is 7.91. The fraction of sp³-hybridized carbons (Fsp3) is 0.562. The molecule has 9 heteroatoms. The van der Waals surface area contributed by atoms with E-state index >= 15 is 0 Å². The van der Waals surface area contributed by atoms with Crippen molar-refractivity contribution in [1.82, 2.24) is 0 Å². The van der Waals surface area contributed by atoms with E-state index in [-0.39, 0.29) is 30.2 Å². The summed E-state index contributed by atoms with van der Waals surface area (Å²) in [6.45, 7) is 4.40. The van der Waals surface area contributed by atoms with Crippen LogP contribution in [0.25, 0.3) is 0 Å². The molecule has 0 amide bonds. The van der Waals surface area contributed by atoms with Gasteiger partial charge in [0, 0.05) is 4.75 Å². The molecule has 0 heterocycles. The summed E-state index contributed by atoms with van der Waals surface area (Å²) in [6, 6.07) is 3.54. The predicted molar refractivity (Wildman–Crippen MR) is 83.3 cm³/mol. The standard InChI is InChI=1S/C16H18F6O2S/c1-10(8-9-14(2,3)25-16(20,21)22)24-13(23)11-4-6-12(7-5-11)15(17,18)19/h4-7,10H,8-9H2,1-3H3. The van der Waals surface area contributed by atoms with Gasteiger partial charge in [-0.1, -0.05) is 13.8 Å². The minimum Gasteiger partial charge on any atom is -0.459 e. The molecular formula is C16H18F6O2S. The second kappa shape index (κ2) is 7.88. The Kier molecular flexibility index (Phi) is 6.83. The number of hydrogen-bond donors (Lipinski definition) is 0. The topological polar surface area (TPSA) is 26.3 Å². The molecule has 2 nitrogen and oxygen atoms in total. The number of esters is 1. The van der Waals surface area contributed by atoms with E-state index in [1.165, 1.54) is 20.8 Å². The van der Waals surface area contributed by atoms with Crippen LogP contribution in [0.3, 0.4) is 0 Å². The largest absolute Gasteiger partial charge is 0.459 e. The van der Waals surface area contributed by atoms with E-state index < -0.39 is 34.1 Å². The highest BCUT2D eigenvalue weighted by molar-refractivity contribution is 8.01. The van der Waals surface area contributed by atoms with Gasteiger partial charge in [-0.15, -0.1) is 0 Å². The van der Waals surface area contributed by atoms with Crippen LogP contribution in [0.4, 0.5) is 26.3 Å². The Hall–Kier alpha value is -1.38. The summed E-state index contributed by atoms with van der Waals surface area (Å²) < 4.78 is 78.7. The van der Waals surface area contributed by atoms with E-state index in [1.54, 1.807) is 0 Å². The first-order valence-corrected chi connectivity index (χ1v) is 8.16. The number of carbonyl (C=O) groups is 1. The predicted octanol–water partition coefficient (Wildman–Crippen LogP) is 6.06. The van der Waals surface area contributed by atoms with Crippen molar-refractivity contribution in [1.29, 1.82) is 0 Å². The number of rotatable bonds is 6. The van der Waals surface area contributed by atoms with Crippen LogP contribution in [0.5, 0.6) is 0 Å². The van der Waals surface area contributed by atoms with Gasteiger partial charge >= 0.3 is 17.7 Å². The van der Waals surface area contributed by atoms with Crippen molar-refractivity contribution in [2.45, 2.75) is 56.1 Å². The summed E-state index contributed by atoms with van der Waals surface area (Å²) in [5.74, 6) is -0.817. The van der Waals surface area contributed by atoms with Crippen LogP contribution >= 0.6 is 11.8 Å². The van der Waals surface area contributed by atoms with Crippen molar-refractivity contribution in [2.75, 3.05) is 0 Å². The number of alkyl halides is 6. The fourth-order valence-electron chi connectivity index (χ4n) is 2.02. The van der Waals surface area contributed by atoms with E-state index in [0.717, 1.165) is 24.3 Å². The number of carbonyl (C=O) groups excluding carboxylic acids is 1. The van der Waals surface area contributed by atoms with Crippen molar-refractivity contribution in [2.24, 2.45) is 0 Å². The van der Waals surface area contributed by atoms with E-state index in [1.807, 2.05) is 0 Å². The van der Waals surface area contributed by atoms with Crippen LogP contribution in [-0.2, 0) is 10.9 Å². The molecule has 1 aromatic rings. The van der Waals surface area contributed by atoms with Crippen LogP contribution < -0.4 is 0 Å². The highest BCUT2D eigenvalue weighted by Crippen LogP contribution is 2.42. The Bertz CT molecular complexity index is 578. The molecule has 142 valence electrons. The van der Waals surface area contributed by atoms with Gasteiger partial charge in [-0.3, -0.25) is 0 Å². The van der Waals surface area contributed by atoms with Gasteiger partial charge in [0.05, 0.1) is 17.2 Å². The molecule has 0 radical (unpaired) electrons. The van der Waals surface area contributed by atoms with E-state index in [9.17, 15) is 31.1 Å². The number of ether oxygens (including phenoxy) is 1. The number of halogens is 6. The van der Waals surface area contributed by atoms with Crippen LogP contribution in [0, 0.1) is 0 Å². The smallest absolute Gasteiger partial charge is 0.442 e. The normalized spacial score (nSPS) is 14.3. The zero-order valence-electron chi connectivity index (χ0n) is 13.8. The molecule has 1 aromatic carbocycles. The van der Waals surface area contributed by atoms with Crippen molar-refractivity contribution in [3.63, 3.8) is 0 Å². The first-order valence-electron chi connectivity index (χ1n) is 7.35. The number of thioether (sulfide) groups is 1. The van der Waals surface area contributed by atoms with Gasteiger partial charge in [0.1, 0.15) is 0 Å². The Morgan fingerprint density at radius 1 is 1.08 bits per heavy atom. The van der Waals surface area contributed by atoms with Crippen molar-refractivity contribution >= 4 is 17.7 Å². The molecule has 1 atom stereocenters. The van der Waals surface area contributed by atoms with Gasteiger partial charge < -0.3 is 4.74 Å². The van der Waals surface area contributed by atoms with Gasteiger partial charge in [0.2, 0.25) is 0 Å². The lowest BCUT2D eigenvalue weighted by Crippen LogP contribution is -2.24. The molecule has 1 rings (SSSR count). The van der Waals surface area contributed by atoms with Gasteiger partial charge in [-0.25, -0.2) is 4.79 Å². The molecule has 0 aromatic heterocycles. The summed E-state index contributed by atoms with van der Waals surface area (Å²) >= 11 is -0.127. The quantitative estimate of drug-likeness (QED) is 0.438. The summed E-state index contributed by atoms with van der Waals surface area (Å²) in [4.78, 5) is 11.9. The third-order valence-electron chi connectivity index (χ3n) is 3.30. The van der Waals surface area contributed by atoms with E-state index in [0.29, 0.717) is 0 Å². The van der Waals surface area contributed by atoms with Gasteiger partial charge in [-0.05, 0) is 55.8 Å². The summed E-state index contributed by atoms with van der Waals surface area (Å²) in [5.41, 5.74) is -5.30. The zero-order valence-corrected chi connectivity index (χ0v) is 14.6. The van der Waals surface area contributed by atoms with Crippen LogP contribution in [-0.4, -0.2) is 22.3 Å². The van der Waals surface area contributed by atoms with Crippen LogP contribution in [0.2, 0.25) is 0 Å². The van der Waals surface area contributed by atoms with Crippen molar-refractivity contribution in [3.8, 4) is 0 Å². The average Bonchev–Trinajstić information content (AvgIpc) is 2.42. The average molecular weight is 388 g/mol. The number of benzene rings is 1. The van der Waals surface area contributed by atoms with Gasteiger partial charge in [0.25, 0.3) is 0 Å². The highest BCUT2D eigenvalue weighted by Gasteiger charge is 2.37. The molecule has 25 heavy (non-hydrogen) atoms. The van der Waals surface area contributed by atoms with Crippen molar-refractivity contribution < 1.29 is 35.9 Å². The Morgan fingerprint density at radius 2 is 1.60 bits per heavy atom. The second-order valence-electron chi connectivity index (χ2n) is 6.14. The molecular weight excluding hydrogens is 370 g/mol. The molecule has 0 saturated carbocycles. The van der Waals surface area contributed by atoms with E-state index in [2.05, 4.69) is 0 Å². The maximum Gasteiger partial charge on any atom is 0.442 e. The maximum atomic E-state index is 12.5. The molecule has 0 fully saturated rings. The molecule has 0 aliphatic carbocycles. The fourth-order valence-corrected chi connectivity index (χ4v) is 2.87. The number of hydrogen-bond acceptors (Lipinski definition) is 3. The lowest BCUT2D eigenvalue weighted by atomic mass is 10.0. The highest BCUT2D eigenvalue weighted by atomic mass is 32.2. The SMILES string of the molecule is CC(CCC(C)(C)SC(F)(F)F)OC(=O)c1ccc(C(F)(F)F)cc1. The summed E-state index contributed by atoms with van der Waals surface area (Å²) in [6.07, 6.45) is -4.82. The lowest BCUT2D eigenvalue weighted by Gasteiger charge is -2.26. The maximum absolute atomic E-state index is 12.5. The Balaban J connectivity index is 2.57. The summed E-state index contributed by atoms with van der Waals surface area (Å²) in [5, 5.41) is 0. The molecule has 0 aliphatic rings. The Morgan fingerprint density at radius 3 is 2.04 bits per heavy atom. The van der Waals surface area contributed by atoms with Crippen molar-refractivity contribution in [3.05, 3.63) is 35.4 Å². The molecule has 0 spiro atoms. The molecule has 0 saturated heterocycles. The first kappa shape index (κ1) is 21.7. The van der Waals surface area contributed by atoms with Gasteiger partial charge in [0.15, 0.2) is 0 Å². The van der Waals surface area contributed by atoms with Gasteiger partial charge in [-0.2, -0.15) is 26.3 Å². The third kappa shape index (κ3) is 8.02. The minimum absolute atomic E-state index is 0.0521. The summed E-state index contributed by atoms with van der Waals surface area (Å²) in [7, 11) is 0. The molecule has 1 unspecified atom stereocenters.